The van der Waals surface area contributed by atoms with E-state index >= 15 is 0 Å². The molecule has 1 unspecified atom stereocenters. The number of benzene rings is 1. The van der Waals surface area contributed by atoms with Crippen molar-refractivity contribution >= 4 is 0 Å². The smallest absolute Gasteiger partial charge is 0.0450 e. The van der Waals surface area contributed by atoms with Crippen LogP contribution in [0, 0.1) is 6.92 Å². The minimum absolute atomic E-state index is 0.366. The zero-order chi connectivity index (χ0) is 9.26. The summed E-state index contributed by atoms with van der Waals surface area (Å²) in [7, 11) is 0. The van der Waals surface area contributed by atoms with Crippen molar-refractivity contribution in [2.75, 3.05) is 13.1 Å². The van der Waals surface area contributed by atoms with Gasteiger partial charge >= 0.3 is 0 Å². The SMILES string of the molecule is Cc1cccc2c1C(CN)NCC2. The van der Waals surface area contributed by atoms with Crippen LogP contribution in [0.4, 0.5) is 0 Å². The van der Waals surface area contributed by atoms with Gasteiger partial charge in [0.15, 0.2) is 0 Å². The fraction of sp³-hybridized carbons (Fsp3) is 0.455. The van der Waals surface area contributed by atoms with Crippen molar-refractivity contribution in [3.63, 3.8) is 0 Å². The summed E-state index contributed by atoms with van der Waals surface area (Å²) in [4.78, 5) is 0. The Kier molecular flexibility index (Phi) is 2.34. The van der Waals surface area contributed by atoms with Gasteiger partial charge in [-0.1, -0.05) is 18.2 Å². The summed E-state index contributed by atoms with van der Waals surface area (Å²) < 4.78 is 0. The van der Waals surface area contributed by atoms with Crippen molar-refractivity contribution in [1.82, 2.24) is 5.32 Å². The Labute approximate surface area is 79.1 Å². The predicted molar refractivity (Wildman–Crippen MR) is 54.7 cm³/mol. The van der Waals surface area contributed by atoms with Crippen molar-refractivity contribution in [3.05, 3.63) is 34.9 Å². The topological polar surface area (TPSA) is 38.0 Å². The van der Waals surface area contributed by atoms with Gasteiger partial charge in [0.05, 0.1) is 0 Å². The number of nitrogens with two attached hydrogens (primary N) is 1. The quantitative estimate of drug-likeness (QED) is 0.673. The van der Waals surface area contributed by atoms with E-state index in [0.29, 0.717) is 12.6 Å². The van der Waals surface area contributed by atoms with Crippen molar-refractivity contribution < 1.29 is 0 Å². The fourth-order valence-electron chi connectivity index (χ4n) is 2.14. The molecule has 2 heteroatoms. The van der Waals surface area contributed by atoms with Gasteiger partial charge in [-0.15, -0.1) is 0 Å². The van der Waals surface area contributed by atoms with Crippen LogP contribution in [0.25, 0.3) is 0 Å². The molecule has 13 heavy (non-hydrogen) atoms. The predicted octanol–water partition coefficient (Wildman–Crippen LogP) is 1.14. The molecule has 0 radical (unpaired) electrons. The van der Waals surface area contributed by atoms with Crippen LogP contribution in [0.5, 0.6) is 0 Å². The lowest BCUT2D eigenvalue weighted by Gasteiger charge is -2.27. The van der Waals surface area contributed by atoms with Gasteiger partial charge in [0.2, 0.25) is 0 Å². The summed E-state index contributed by atoms with van der Waals surface area (Å²) in [6.07, 6.45) is 1.13. The van der Waals surface area contributed by atoms with Gasteiger partial charge in [0.25, 0.3) is 0 Å². The summed E-state index contributed by atoms with van der Waals surface area (Å²) in [5.41, 5.74) is 9.98. The van der Waals surface area contributed by atoms with Crippen LogP contribution >= 0.6 is 0 Å². The van der Waals surface area contributed by atoms with E-state index in [1.807, 2.05) is 0 Å². The van der Waals surface area contributed by atoms with Gasteiger partial charge in [-0.05, 0) is 36.6 Å². The molecule has 0 saturated carbocycles. The number of hydrogen-bond acceptors (Lipinski definition) is 2. The first-order valence-corrected chi connectivity index (χ1v) is 4.84. The first-order valence-electron chi connectivity index (χ1n) is 4.84. The molecule has 0 saturated heterocycles. The second-order valence-electron chi connectivity index (χ2n) is 3.64. The number of aryl methyl sites for hydroxylation is 1. The summed E-state index contributed by atoms with van der Waals surface area (Å²) in [5.74, 6) is 0. The first kappa shape index (κ1) is 8.73. The van der Waals surface area contributed by atoms with Crippen LogP contribution in [0.2, 0.25) is 0 Å². The van der Waals surface area contributed by atoms with Gasteiger partial charge in [0.1, 0.15) is 0 Å². The van der Waals surface area contributed by atoms with E-state index in [4.69, 9.17) is 5.73 Å². The Morgan fingerprint density at radius 2 is 2.38 bits per heavy atom. The molecular weight excluding hydrogens is 160 g/mol. The zero-order valence-corrected chi connectivity index (χ0v) is 8.01. The van der Waals surface area contributed by atoms with Gasteiger partial charge in [0, 0.05) is 12.6 Å². The molecule has 1 heterocycles. The molecule has 0 amide bonds. The Balaban J connectivity index is 2.47. The van der Waals surface area contributed by atoms with E-state index in [-0.39, 0.29) is 0 Å². The van der Waals surface area contributed by atoms with Crippen LogP contribution < -0.4 is 11.1 Å². The summed E-state index contributed by atoms with van der Waals surface area (Å²) >= 11 is 0. The Morgan fingerprint density at radius 1 is 1.54 bits per heavy atom. The van der Waals surface area contributed by atoms with E-state index in [9.17, 15) is 0 Å². The summed E-state index contributed by atoms with van der Waals surface area (Å²) in [6, 6.07) is 6.87. The number of rotatable bonds is 1. The third kappa shape index (κ3) is 1.47. The van der Waals surface area contributed by atoms with Gasteiger partial charge in [-0.2, -0.15) is 0 Å². The van der Waals surface area contributed by atoms with Gasteiger partial charge in [-0.25, -0.2) is 0 Å². The highest BCUT2D eigenvalue weighted by atomic mass is 14.9. The molecule has 0 spiro atoms. The molecule has 1 aliphatic heterocycles. The van der Waals surface area contributed by atoms with Crippen LogP contribution in [0.15, 0.2) is 18.2 Å². The van der Waals surface area contributed by atoms with E-state index in [1.54, 1.807) is 0 Å². The first-order chi connectivity index (χ1) is 6.33. The molecule has 0 fully saturated rings. The molecule has 0 bridgehead atoms. The van der Waals surface area contributed by atoms with E-state index in [1.165, 1.54) is 16.7 Å². The lowest BCUT2D eigenvalue weighted by Crippen LogP contribution is -2.35. The monoisotopic (exact) mass is 176 g/mol. The Bertz CT molecular complexity index is 307. The number of nitrogens with one attached hydrogen (secondary N) is 1. The second-order valence-corrected chi connectivity index (χ2v) is 3.64. The molecule has 2 nitrogen and oxygen atoms in total. The largest absolute Gasteiger partial charge is 0.329 e. The van der Waals surface area contributed by atoms with Crippen LogP contribution in [0.3, 0.4) is 0 Å². The highest BCUT2D eigenvalue weighted by Crippen LogP contribution is 2.25. The highest BCUT2D eigenvalue weighted by Gasteiger charge is 2.19. The van der Waals surface area contributed by atoms with Gasteiger partial charge in [-0.3, -0.25) is 0 Å². The lowest BCUT2D eigenvalue weighted by molar-refractivity contribution is 0.510. The minimum atomic E-state index is 0.366. The molecule has 1 aromatic rings. The Hall–Kier alpha value is -0.860. The molecule has 70 valence electrons. The van der Waals surface area contributed by atoms with Crippen molar-refractivity contribution in [2.24, 2.45) is 5.73 Å². The van der Waals surface area contributed by atoms with E-state index < -0.39 is 0 Å². The molecule has 1 atom stereocenters. The van der Waals surface area contributed by atoms with Crippen molar-refractivity contribution in [2.45, 2.75) is 19.4 Å². The molecule has 2 rings (SSSR count). The minimum Gasteiger partial charge on any atom is -0.329 e. The highest BCUT2D eigenvalue weighted by molar-refractivity contribution is 5.39. The molecular formula is C11H16N2. The van der Waals surface area contributed by atoms with Crippen LogP contribution in [-0.2, 0) is 6.42 Å². The number of hydrogen-bond donors (Lipinski definition) is 2. The summed E-state index contributed by atoms with van der Waals surface area (Å²) in [5, 5.41) is 3.44. The maximum absolute atomic E-state index is 5.72. The molecule has 0 aliphatic carbocycles. The molecule has 1 aromatic carbocycles. The van der Waals surface area contributed by atoms with E-state index in [2.05, 4.69) is 30.4 Å². The zero-order valence-electron chi connectivity index (χ0n) is 8.01. The van der Waals surface area contributed by atoms with E-state index in [0.717, 1.165) is 13.0 Å². The van der Waals surface area contributed by atoms with Crippen LogP contribution in [-0.4, -0.2) is 13.1 Å². The maximum atomic E-state index is 5.72. The Morgan fingerprint density at radius 3 is 3.15 bits per heavy atom. The third-order valence-corrected chi connectivity index (χ3v) is 2.78. The molecule has 3 N–H and O–H groups in total. The number of fused-ring (bicyclic) bond motifs is 1. The third-order valence-electron chi connectivity index (χ3n) is 2.78. The van der Waals surface area contributed by atoms with Crippen molar-refractivity contribution in [3.8, 4) is 0 Å². The average Bonchev–Trinajstić information content (AvgIpc) is 2.17. The standard InChI is InChI=1S/C11H16N2/c1-8-3-2-4-9-5-6-13-10(7-12)11(8)9/h2-4,10,13H,5-7,12H2,1H3. The molecule has 1 aliphatic rings. The second kappa shape index (κ2) is 3.48. The average molecular weight is 176 g/mol. The van der Waals surface area contributed by atoms with Crippen LogP contribution in [0.1, 0.15) is 22.7 Å². The van der Waals surface area contributed by atoms with Gasteiger partial charge < -0.3 is 11.1 Å². The summed E-state index contributed by atoms with van der Waals surface area (Å²) in [6.45, 7) is 3.91. The lowest BCUT2D eigenvalue weighted by atomic mass is 9.90. The van der Waals surface area contributed by atoms with Crippen molar-refractivity contribution in [1.29, 1.82) is 0 Å². The fourth-order valence-corrected chi connectivity index (χ4v) is 2.14. The normalized spacial score (nSPS) is 21.2. The maximum Gasteiger partial charge on any atom is 0.0450 e. The molecule has 0 aromatic heterocycles.